The molecule has 114 valence electrons. The molecule has 0 saturated carbocycles. The van der Waals surface area contributed by atoms with Crippen LogP contribution >= 0.6 is 11.3 Å². The molecule has 21 heavy (non-hydrogen) atoms. The van der Waals surface area contributed by atoms with E-state index < -0.39 is 0 Å². The highest BCUT2D eigenvalue weighted by molar-refractivity contribution is 7.14. The zero-order chi connectivity index (χ0) is 15.1. The molecule has 0 atom stereocenters. The first-order valence-corrected chi connectivity index (χ1v) is 8.02. The predicted octanol–water partition coefficient (Wildman–Crippen LogP) is 2.89. The van der Waals surface area contributed by atoms with Gasteiger partial charge in [0.15, 0.2) is 11.5 Å². The first kappa shape index (κ1) is 15.7. The van der Waals surface area contributed by atoms with Crippen molar-refractivity contribution in [2.45, 2.75) is 26.7 Å². The quantitative estimate of drug-likeness (QED) is 0.812. The minimum Gasteiger partial charge on any atom is -0.490 e. The van der Waals surface area contributed by atoms with Crippen LogP contribution in [-0.2, 0) is 6.42 Å². The molecule has 2 aromatic rings. The second-order valence-corrected chi connectivity index (χ2v) is 5.48. The fourth-order valence-electron chi connectivity index (χ4n) is 1.91. The number of benzene rings is 1. The first-order chi connectivity index (χ1) is 10.3. The summed E-state index contributed by atoms with van der Waals surface area (Å²) in [6.45, 7) is 5.80. The van der Waals surface area contributed by atoms with Gasteiger partial charge in [0.1, 0.15) is 10.0 Å². The Morgan fingerprint density at radius 1 is 1.10 bits per heavy atom. The van der Waals surface area contributed by atoms with Crippen LogP contribution in [0.5, 0.6) is 11.5 Å². The first-order valence-electron chi connectivity index (χ1n) is 7.21. The maximum atomic E-state index is 5.64. The fraction of sp³-hybridized carbons (Fsp3) is 0.467. The maximum absolute atomic E-state index is 5.64. The van der Waals surface area contributed by atoms with Gasteiger partial charge in [-0.1, -0.05) is 11.3 Å². The van der Waals surface area contributed by atoms with E-state index in [1.165, 1.54) is 0 Å². The summed E-state index contributed by atoms with van der Waals surface area (Å²) in [7, 11) is 0. The van der Waals surface area contributed by atoms with Crippen molar-refractivity contribution in [2.75, 3.05) is 19.8 Å². The van der Waals surface area contributed by atoms with Gasteiger partial charge in [0.05, 0.1) is 13.2 Å². The zero-order valence-electron chi connectivity index (χ0n) is 12.5. The summed E-state index contributed by atoms with van der Waals surface area (Å²) in [5.74, 6) is 1.51. The van der Waals surface area contributed by atoms with Crippen LogP contribution in [-0.4, -0.2) is 30.0 Å². The largest absolute Gasteiger partial charge is 0.490 e. The van der Waals surface area contributed by atoms with Gasteiger partial charge in [0.2, 0.25) is 0 Å². The van der Waals surface area contributed by atoms with E-state index in [-0.39, 0.29) is 0 Å². The third kappa shape index (κ3) is 4.15. The molecular weight excluding hydrogens is 286 g/mol. The molecule has 1 aromatic heterocycles. The Labute approximate surface area is 129 Å². The molecule has 6 heteroatoms. The molecule has 0 bridgehead atoms. The van der Waals surface area contributed by atoms with Crippen LogP contribution in [0.4, 0.5) is 0 Å². The summed E-state index contributed by atoms with van der Waals surface area (Å²) in [5, 5.41) is 10.4. The Morgan fingerprint density at radius 2 is 1.86 bits per heavy atom. The van der Waals surface area contributed by atoms with Crippen molar-refractivity contribution < 1.29 is 9.47 Å². The fourth-order valence-corrected chi connectivity index (χ4v) is 2.79. The predicted molar refractivity (Wildman–Crippen MR) is 85.1 cm³/mol. The van der Waals surface area contributed by atoms with E-state index in [2.05, 4.69) is 10.2 Å². The molecular formula is C15H21N3O2S. The van der Waals surface area contributed by atoms with Crippen molar-refractivity contribution in [2.24, 2.45) is 5.73 Å². The number of aromatic nitrogens is 2. The van der Waals surface area contributed by atoms with E-state index in [0.29, 0.717) is 19.8 Å². The minimum atomic E-state index is 0.599. The van der Waals surface area contributed by atoms with Crippen molar-refractivity contribution in [3.8, 4) is 22.1 Å². The molecule has 1 aromatic carbocycles. The summed E-state index contributed by atoms with van der Waals surface area (Å²) in [4.78, 5) is 0. The van der Waals surface area contributed by atoms with Crippen LogP contribution in [0.2, 0.25) is 0 Å². The lowest BCUT2D eigenvalue weighted by molar-refractivity contribution is 0.288. The number of ether oxygens (including phenoxy) is 2. The Kier molecular flexibility index (Phi) is 5.95. The standard InChI is InChI=1S/C15H21N3O2S/c1-3-19-12-8-7-11(10-13(12)20-4-2)15-18-17-14(21-15)6-5-9-16/h7-8,10H,3-6,9,16H2,1-2H3. The van der Waals surface area contributed by atoms with Crippen molar-refractivity contribution in [3.05, 3.63) is 23.2 Å². The molecule has 0 fully saturated rings. The van der Waals surface area contributed by atoms with Gasteiger partial charge in [-0.3, -0.25) is 0 Å². The molecule has 2 rings (SSSR count). The van der Waals surface area contributed by atoms with E-state index in [1.54, 1.807) is 11.3 Å². The summed E-state index contributed by atoms with van der Waals surface area (Å²) >= 11 is 1.60. The van der Waals surface area contributed by atoms with Crippen molar-refractivity contribution in [1.29, 1.82) is 0 Å². The highest BCUT2D eigenvalue weighted by Crippen LogP contribution is 2.34. The number of nitrogens with zero attached hydrogens (tertiary/aromatic N) is 2. The molecule has 0 amide bonds. The van der Waals surface area contributed by atoms with Crippen LogP contribution in [0, 0.1) is 0 Å². The molecule has 0 aliphatic carbocycles. The molecule has 5 nitrogen and oxygen atoms in total. The van der Waals surface area contributed by atoms with E-state index in [1.807, 2.05) is 32.0 Å². The van der Waals surface area contributed by atoms with Gasteiger partial charge in [-0.25, -0.2) is 0 Å². The maximum Gasteiger partial charge on any atom is 0.161 e. The number of hydrogen-bond acceptors (Lipinski definition) is 6. The smallest absolute Gasteiger partial charge is 0.161 e. The number of hydrogen-bond donors (Lipinski definition) is 1. The third-order valence-electron chi connectivity index (χ3n) is 2.85. The van der Waals surface area contributed by atoms with Crippen LogP contribution in [0.1, 0.15) is 25.3 Å². The summed E-state index contributed by atoms with van der Waals surface area (Å²) in [6, 6.07) is 5.87. The summed E-state index contributed by atoms with van der Waals surface area (Å²) in [5.41, 5.74) is 6.52. The average Bonchev–Trinajstić information content (AvgIpc) is 2.96. The molecule has 1 heterocycles. The van der Waals surface area contributed by atoms with Crippen molar-refractivity contribution in [1.82, 2.24) is 10.2 Å². The van der Waals surface area contributed by atoms with E-state index >= 15 is 0 Å². The van der Waals surface area contributed by atoms with Crippen molar-refractivity contribution >= 4 is 11.3 Å². The molecule has 0 spiro atoms. The van der Waals surface area contributed by atoms with Gasteiger partial charge in [-0.2, -0.15) is 0 Å². The lowest BCUT2D eigenvalue weighted by Crippen LogP contribution is -1.99. The van der Waals surface area contributed by atoms with Gasteiger partial charge in [0.25, 0.3) is 0 Å². The normalized spacial score (nSPS) is 10.6. The minimum absolute atomic E-state index is 0.599. The Hall–Kier alpha value is -1.66. The zero-order valence-corrected chi connectivity index (χ0v) is 13.3. The second kappa shape index (κ2) is 7.95. The van der Waals surface area contributed by atoms with E-state index in [0.717, 1.165) is 39.9 Å². The highest BCUT2D eigenvalue weighted by Gasteiger charge is 2.11. The Bertz CT molecular complexity index is 572. The van der Waals surface area contributed by atoms with Crippen LogP contribution in [0.15, 0.2) is 18.2 Å². The monoisotopic (exact) mass is 307 g/mol. The molecule has 0 aliphatic rings. The highest BCUT2D eigenvalue weighted by atomic mass is 32.1. The van der Waals surface area contributed by atoms with E-state index in [4.69, 9.17) is 15.2 Å². The van der Waals surface area contributed by atoms with E-state index in [9.17, 15) is 0 Å². The molecule has 0 saturated heterocycles. The number of rotatable bonds is 8. The van der Waals surface area contributed by atoms with Crippen molar-refractivity contribution in [3.63, 3.8) is 0 Å². The molecule has 0 aliphatic heterocycles. The second-order valence-electron chi connectivity index (χ2n) is 4.42. The van der Waals surface area contributed by atoms with Gasteiger partial charge in [0, 0.05) is 12.0 Å². The molecule has 0 unspecified atom stereocenters. The lowest BCUT2D eigenvalue weighted by atomic mass is 10.2. The Balaban J connectivity index is 2.22. The van der Waals surface area contributed by atoms with Gasteiger partial charge >= 0.3 is 0 Å². The lowest BCUT2D eigenvalue weighted by Gasteiger charge is -2.11. The summed E-state index contributed by atoms with van der Waals surface area (Å²) in [6.07, 6.45) is 1.81. The summed E-state index contributed by atoms with van der Waals surface area (Å²) < 4.78 is 11.2. The van der Waals surface area contributed by atoms with Crippen LogP contribution in [0.3, 0.4) is 0 Å². The number of nitrogens with two attached hydrogens (primary N) is 1. The number of aryl methyl sites for hydroxylation is 1. The Morgan fingerprint density at radius 3 is 2.57 bits per heavy atom. The van der Waals surface area contributed by atoms with Gasteiger partial charge in [-0.15, -0.1) is 10.2 Å². The topological polar surface area (TPSA) is 70.3 Å². The molecule has 0 radical (unpaired) electrons. The van der Waals surface area contributed by atoms with Crippen LogP contribution in [0.25, 0.3) is 10.6 Å². The van der Waals surface area contributed by atoms with Gasteiger partial charge in [-0.05, 0) is 45.0 Å². The SMILES string of the molecule is CCOc1ccc(-c2nnc(CCCN)s2)cc1OCC. The third-order valence-corrected chi connectivity index (χ3v) is 3.88. The average molecular weight is 307 g/mol. The van der Waals surface area contributed by atoms with Crippen LogP contribution < -0.4 is 15.2 Å². The van der Waals surface area contributed by atoms with Gasteiger partial charge < -0.3 is 15.2 Å². The molecule has 2 N–H and O–H groups in total.